The maximum atomic E-state index is 12.8. The molecular weight excluding hydrogens is 538 g/mol. The third-order valence-electron chi connectivity index (χ3n) is 12.5. The summed E-state index contributed by atoms with van der Waals surface area (Å²) in [6.07, 6.45) is 15.0. The van der Waals surface area contributed by atoms with Crippen LogP contribution in [0.25, 0.3) is 0 Å². The van der Waals surface area contributed by atoms with E-state index in [0.29, 0.717) is 11.3 Å². The average Bonchev–Trinajstić information content (AvgIpc) is 3.31. The highest BCUT2D eigenvalue weighted by molar-refractivity contribution is 5.80. The van der Waals surface area contributed by atoms with Gasteiger partial charge in [-0.1, -0.05) is 77.7 Å². The van der Waals surface area contributed by atoms with Gasteiger partial charge in [-0.15, -0.1) is 0 Å². The zero-order chi connectivity index (χ0) is 30.9. The Labute approximate surface area is 259 Å². The molecule has 3 fully saturated rings. The van der Waals surface area contributed by atoms with Crippen LogP contribution in [0.4, 0.5) is 4.79 Å². The van der Waals surface area contributed by atoms with Gasteiger partial charge in [-0.3, -0.25) is 0 Å². The predicted molar refractivity (Wildman–Crippen MR) is 170 cm³/mol. The Morgan fingerprint density at radius 2 is 1.74 bits per heavy atom. The second-order valence-electron chi connectivity index (χ2n) is 15.5. The number of rotatable bonds is 10. The maximum absolute atomic E-state index is 12.8. The molecule has 0 aliphatic heterocycles. The zero-order valence-corrected chi connectivity index (χ0v) is 27.1. The summed E-state index contributed by atoms with van der Waals surface area (Å²) in [5.41, 5.74) is 2.82. The second kappa shape index (κ2) is 12.9. The van der Waals surface area contributed by atoms with Crippen molar-refractivity contribution in [2.45, 2.75) is 124 Å². The SMILES string of the molecule is CC(C)CCC[C@@H](C)C1CC[C@H]2[C@@H]3CC=C4C[C@@H](OC(=O)N[C@@H](Cc5ccc(O)cc5)C(=O)O)CCC4(C)[C@H]3CCC12C. The first-order valence-electron chi connectivity index (χ1n) is 17.1. The number of carbonyl (C=O) groups is 2. The highest BCUT2D eigenvalue weighted by atomic mass is 16.6. The van der Waals surface area contributed by atoms with Crippen LogP contribution in [0.2, 0.25) is 0 Å². The molecule has 43 heavy (non-hydrogen) atoms. The van der Waals surface area contributed by atoms with Gasteiger partial charge in [0.25, 0.3) is 0 Å². The Bertz CT molecular complexity index is 1180. The molecule has 238 valence electrons. The first-order valence-corrected chi connectivity index (χ1v) is 17.1. The lowest BCUT2D eigenvalue weighted by Crippen LogP contribution is -2.51. The van der Waals surface area contributed by atoms with Gasteiger partial charge in [0.15, 0.2) is 0 Å². The van der Waals surface area contributed by atoms with E-state index < -0.39 is 18.1 Å². The van der Waals surface area contributed by atoms with E-state index in [9.17, 15) is 19.8 Å². The summed E-state index contributed by atoms with van der Waals surface area (Å²) in [4.78, 5) is 24.7. The Balaban J connectivity index is 1.19. The number of carbonyl (C=O) groups excluding carboxylic acids is 1. The monoisotopic (exact) mass is 593 g/mol. The van der Waals surface area contributed by atoms with Crippen molar-refractivity contribution < 1.29 is 24.5 Å². The number of allylic oxidation sites excluding steroid dienone is 1. The van der Waals surface area contributed by atoms with E-state index in [1.165, 1.54) is 62.7 Å². The van der Waals surface area contributed by atoms with Crippen LogP contribution in [0.1, 0.15) is 111 Å². The molecule has 3 unspecified atom stereocenters. The fourth-order valence-electron chi connectivity index (χ4n) is 10.1. The summed E-state index contributed by atoms with van der Waals surface area (Å²) in [6, 6.07) is 5.27. The second-order valence-corrected chi connectivity index (χ2v) is 15.5. The van der Waals surface area contributed by atoms with Gasteiger partial charge in [0.2, 0.25) is 0 Å². The average molecular weight is 594 g/mol. The molecule has 1 aromatic carbocycles. The van der Waals surface area contributed by atoms with E-state index >= 15 is 0 Å². The molecule has 5 rings (SSSR count). The number of alkyl carbamates (subject to hydrolysis) is 1. The molecule has 3 saturated carbocycles. The van der Waals surface area contributed by atoms with Crippen molar-refractivity contribution in [1.29, 1.82) is 0 Å². The molecule has 6 heteroatoms. The molecule has 4 aliphatic rings. The molecule has 4 aliphatic carbocycles. The summed E-state index contributed by atoms with van der Waals surface area (Å²) in [5, 5.41) is 21.8. The third kappa shape index (κ3) is 6.63. The number of ether oxygens (including phenoxy) is 1. The lowest BCUT2D eigenvalue weighted by atomic mass is 9.47. The largest absolute Gasteiger partial charge is 0.508 e. The van der Waals surface area contributed by atoms with Crippen molar-refractivity contribution in [2.75, 3.05) is 0 Å². The molecule has 0 heterocycles. The smallest absolute Gasteiger partial charge is 0.408 e. The van der Waals surface area contributed by atoms with Crippen LogP contribution < -0.4 is 5.32 Å². The van der Waals surface area contributed by atoms with E-state index in [4.69, 9.17) is 4.74 Å². The highest BCUT2D eigenvalue weighted by Crippen LogP contribution is 2.67. The van der Waals surface area contributed by atoms with Crippen LogP contribution in [-0.4, -0.2) is 34.4 Å². The maximum Gasteiger partial charge on any atom is 0.408 e. The summed E-state index contributed by atoms with van der Waals surface area (Å²) in [7, 11) is 0. The number of aliphatic carboxylic acids is 1. The van der Waals surface area contributed by atoms with Crippen molar-refractivity contribution in [1.82, 2.24) is 5.32 Å². The molecule has 6 nitrogen and oxygen atoms in total. The minimum absolute atomic E-state index is 0.118. The molecule has 0 saturated heterocycles. The Hall–Kier alpha value is -2.50. The first kappa shape index (κ1) is 31.9. The quantitative estimate of drug-likeness (QED) is 0.236. The standard InChI is InChI=1S/C37H55NO5/c1-23(2)7-6-8-24(3)30-15-16-31-29-14-11-26-22-28(17-19-36(26,4)32(29)18-20-37(30,31)5)43-35(42)38-33(34(40)41)21-25-9-12-27(39)13-10-25/h9-13,23-24,28-33,39H,6-8,14-22H2,1-5H3,(H,38,42)(H,40,41)/t24-,28+,29+,30?,31+,32+,33+,36?,37?/m1/s1. The fourth-order valence-corrected chi connectivity index (χ4v) is 10.1. The summed E-state index contributed by atoms with van der Waals surface area (Å²) >= 11 is 0. The van der Waals surface area contributed by atoms with Gasteiger partial charge in [-0.05, 0) is 109 Å². The molecular formula is C37H55NO5. The van der Waals surface area contributed by atoms with E-state index in [1.54, 1.807) is 12.1 Å². The third-order valence-corrected chi connectivity index (χ3v) is 12.5. The molecule has 0 radical (unpaired) electrons. The van der Waals surface area contributed by atoms with Gasteiger partial charge >= 0.3 is 12.1 Å². The topological polar surface area (TPSA) is 95.9 Å². The van der Waals surface area contributed by atoms with Crippen LogP contribution in [0.3, 0.4) is 0 Å². The minimum Gasteiger partial charge on any atom is -0.508 e. The van der Waals surface area contributed by atoms with Gasteiger partial charge in [-0.2, -0.15) is 0 Å². The van der Waals surface area contributed by atoms with Crippen molar-refractivity contribution in [3.63, 3.8) is 0 Å². The minimum atomic E-state index is -1.11. The fraction of sp³-hybridized carbons (Fsp3) is 0.730. The van der Waals surface area contributed by atoms with Gasteiger partial charge < -0.3 is 20.3 Å². The number of carboxylic acids is 1. The molecule has 0 spiro atoms. The van der Waals surface area contributed by atoms with Crippen LogP contribution in [0, 0.1) is 46.3 Å². The van der Waals surface area contributed by atoms with Gasteiger partial charge in [-0.25, -0.2) is 9.59 Å². The first-order chi connectivity index (χ1) is 20.4. The van der Waals surface area contributed by atoms with Crippen LogP contribution in [-0.2, 0) is 16.0 Å². The van der Waals surface area contributed by atoms with Crippen LogP contribution in [0.5, 0.6) is 5.75 Å². The van der Waals surface area contributed by atoms with Crippen molar-refractivity contribution in [2.24, 2.45) is 46.3 Å². The summed E-state index contributed by atoms with van der Waals surface area (Å²) in [6.45, 7) is 12.3. The highest BCUT2D eigenvalue weighted by Gasteiger charge is 2.59. The Morgan fingerprint density at radius 1 is 1.00 bits per heavy atom. The van der Waals surface area contributed by atoms with Gasteiger partial charge in [0.1, 0.15) is 17.9 Å². The lowest BCUT2D eigenvalue weighted by molar-refractivity contribution is -0.139. The molecule has 3 N–H and O–H groups in total. The number of nitrogens with one attached hydrogen (secondary N) is 1. The van der Waals surface area contributed by atoms with Crippen molar-refractivity contribution in [3.8, 4) is 5.75 Å². The number of hydrogen-bond acceptors (Lipinski definition) is 4. The van der Waals surface area contributed by atoms with Crippen LogP contribution >= 0.6 is 0 Å². The normalized spacial score (nSPS) is 34.7. The number of phenolic OH excluding ortho intramolecular Hbond substituents is 1. The van der Waals surface area contributed by atoms with E-state index in [0.717, 1.165) is 60.8 Å². The summed E-state index contributed by atoms with van der Waals surface area (Å²) < 4.78 is 5.84. The number of phenols is 1. The van der Waals surface area contributed by atoms with Gasteiger partial charge in [0.05, 0.1) is 0 Å². The van der Waals surface area contributed by atoms with Crippen LogP contribution in [0.15, 0.2) is 35.9 Å². The number of aromatic hydroxyl groups is 1. The Kier molecular flexibility index (Phi) is 9.54. The molecule has 1 aromatic rings. The Morgan fingerprint density at radius 3 is 2.44 bits per heavy atom. The van der Waals surface area contributed by atoms with E-state index in [2.05, 4.69) is 46.0 Å². The number of benzene rings is 1. The molecule has 9 atom stereocenters. The van der Waals surface area contributed by atoms with Crippen molar-refractivity contribution in [3.05, 3.63) is 41.5 Å². The zero-order valence-electron chi connectivity index (χ0n) is 27.1. The molecule has 1 amide bonds. The predicted octanol–water partition coefficient (Wildman–Crippen LogP) is 8.52. The van der Waals surface area contributed by atoms with Gasteiger partial charge in [0, 0.05) is 12.8 Å². The number of hydrogen-bond donors (Lipinski definition) is 3. The molecule has 0 bridgehead atoms. The number of amides is 1. The van der Waals surface area contributed by atoms with Crippen molar-refractivity contribution >= 4 is 12.1 Å². The lowest BCUT2D eigenvalue weighted by Gasteiger charge is -2.58. The number of fused-ring (bicyclic) bond motifs is 5. The molecule has 0 aromatic heterocycles. The van der Waals surface area contributed by atoms with E-state index in [-0.39, 0.29) is 23.7 Å². The summed E-state index contributed by atoms with van der Waals surface area (Å²) in [5.74, 6) is 3.77. The van der Waals surface area contributed by atoms with E-state index in [1.807, 2.05) is 0 Å². The number of carboxylic acid groups (broad SMARTS) is 1.